The van der Waals surface area contributed by atoms with E-state index in [1.54, 1.807) is 0 Å². The minimum absolute atomic E-state index is 0.299. The highest BCUT2D eigenvalue weighted by atomic mass is 16.6. The summed E-state index contributed by atoms with van der Waals surface area (Å²) in [5.74, 6) is -1.52. The van der Waals surface area contributed by atoms with Crippen molar-refractivity contribution in [1.29, 1.82) is 0 Å². The number of rotatable bonds is 35. The normalized spacial score (nSPS) is 11.2. The van der Waals surface area contributed by atoms with Crippen LogP contribution in [-0.4, -0.2) is 169 Å². The van der Waals surface area contributed by atoms with Crippen molar-refractivity contribution in [2.45, 2.75) is 6.92 Å². The van der Waals surface area contributed by atoms with Crippen LogP contribution < -0.4 is 5.32 Å². The third-order valence-electron chi connectivity index (χ3n) is 4.58. The zero-order valence-corrected chi connectivity index (χ0v) is 24.5. The van der Waals surface area contributed by atoms with Crippen LogP contribution in [0.15, 0.2) is 0 Å². The number of ether oxygens (including phenoxy) is 11. The number of hydrogen-bond donors (Lipinski definition) is 2. The van der Waals surface area contributed by atoms with Crippen molar-refractivity contribution in [3.8, 4) is 0 Å². The third kappa shape index (κ3) is 36.5. The lowest BCUT2D eigenvalue weighted by molar-refractivity contribution is -0.143. The molecule has 41 heavy (non-hydrogen) atoms. The van der Waals surface area contributed by atoms with Gasteiger partial charge in [0.25, 0.3) is 0 Å². The van der Waals surface area contributed by atoms with Gasteiger partial charge in [0, 0.05) is 13.2 Å². The molecular formula is C26H51NO14. The summed E-state index contributed by atoms with van der Waals surface area (Å²) in [4.78, 5) is 21.6. The van der Waals surface area contributed by atoms with Gasteiger partial charge in [-0.2, -0.15) is 0 Å². The first-order valence-corrected chi connectivity index (χ1v) is 14.0. The van der Waals surface area contributed by atoms with Crippen LogP contribution in [0.25, 0.3) is 0 Å². The second-order valence-corrected chi connectivity index (χ2v) is 7.94. The molecule has 0 fully saturated rings. The Labute approximate surface area is 243 Å². The maximum Gasteiger partial charge on any atom is 0.329 e. The van der Waals surface area contributed by atoms with Gasteiger partial charge in [-0.15, -0.1) is 0 Å². The fourth-order valence-corrected chi connectivity index (χ4v) is 2.67. The molecule has 0 aliphatic heterocycles. The van der Waals surface area contributed by atoms with E-state index in [4.69, 9.17) is 52.5 Å². The summed E-state index contributed by atoms with van der Waals surface area (Å²) in [6.07, 6.45) is 0. The SMILES string of the molecule is CCOCCOCCOCCOCCOCCOCCOCCOCCOCCOCCNC(=O)COCC(=O)O. The van der Waals surface area contributed by atoms with Gasteiger partial charge < -0.3 is 62.5 Å². The third-order valence-corrected chi connectivity index (χ3v) is 4.58. The van der Waals surface area contributed by atoms with E-state index in [2.05, 4.69) is 10.1 Å². The number of aliphatic carboxylic acids is 1. The lowest BCUT2D eigenvalue weighted by atomic mass is 10.6. The van der Waals surface area contributed by atoms with E-state index >= 15 is 0 Å². The molecule has 15 heteroatoms. The Hall–Kier alpha value is -1.50. The molecule has 0 rings (SSSR count). The maximum absolute atomic E-state index is 11.3. The van der Waals surface area contributed by atoms with E-state index in [1.165, 1.54) is 0 Å². The Bertz CT molecular complexity index is 558. The van der Waals surface area contributed by atoms with E-state index < -0.39 is 18.5 Å². The number of amides is 1. The van der Waals surface area contributed by atoms with Gasteiger partial charge in [-0.3, -0.25) is 4.79 Å². The summed E-state index contributed by atoms with van der Waals surface area (Å²) in [6.45, 7) is 11.4. The Morgan fingerprint density at radius 2 is 0.732 bits per heavy atom. The van der Waals surface area contributed by atoms with Crippen molar-refractivity contribution < 1.29 is 66.8 Å². The van der Waals surface area contributed by atoms with Gasteiger partial charge in [-0.05, 0) is 6.92 Å². The number of carboxylic acids is 1. The number of nitrogens with one attached hydrogen (secondary N) is 1. The zero-order valence-electron chi connectivity index (χ0n) is 24.5. The molecular weight excluding hydrogens is 550 g/mol. The molecule has 0 radical (unpaired) electrons. The molecule has 0 atom stereocenters. The Kier molecular flexibility index (Phi) is 33.4. The summed E-state index contributed by atoms with van der Waals surface area (Å²) in [6, 6.07) is 0. The number of hydrogen-bond acceptors (Lipinski definition) is 13. The number of carboxylic acid groups (broad SMARTS) is 1. The molecule has 0 saturated heterocycles. The van der Waals surface area contributed by atoms with Gasteiger partial charge in [0.15, 0.2) is 0 Å². The molecule has 2 N–H and O–H groups in total. The molecule has 1 amide bonds. The van der Waals surface area contributed by atoms with Crippen LogP contribution in [0.3, 0.4) is 0 Å². The Balaban J connectivity index is 3.08. The van der Waals surface area contributed by atoms with Crippen LogP contribution in [0, 0.1) is 0 Å². The minimum Gasteiger partial charge on any atom is -0.480 e. The van der Waals surface area contributed by atoms with Gasteiger partial charge in [0.05, 0.1) is 126 Å². The quantitative estimate of drug-likeness (QED) is 0.0883. The van der Waals surface area contributed by atoms with Crippen LogP contribution in [0.4, 0.5) is 0 Å². The van der Waals surface area contributed by atoms with E-state index in [9.17, 15) is 9.59 Å². The van der Waals surface area contributed by atoms with Crippen LogP contribution >= 0.6 is 0 Å². The summed E-state index contributed by atoms with van der Waals surface area (Å²) in [7, 11) is 0. The van der Waals surface area contributed by atoms with E-state index in [1.807, 2.05) is 6.92 Å². The summed E-state index contributed by atoms with van der Waals surface area (Å²) in [5.41, 5.74) is 0. The first kappa shape index (κ1) is 39.5. The van der Waals surface area contributed by atoms with Gasteiger partial charge in [-0.25, -0.2) is 4.79 Å². The second kappa shape index (κ2) is 34.7. The summed E-state index contributed by atoms with van der Waals surface area (Å²) >= 11 is 0. The second-order valence-electron chi connectivity index (χ2n) is 7.94. The highest BCUT2D eigenvalue weighted by Crippen LogP contribution is 1.86. The molecule has 244 valence electrons. The van der Waals surface area contributed by atoms with Crippen LogP contribution in [0.2, 0.25) is 0 Å². The fraction of sp³-hybridized carbons (Fsp3) is 0.923. The molecule has 15 nitrogen and oxygen atoms in total. The molecule has 0 spiro atoms. The lowest BCUT2D eigenvalue weighted by Crippen LogP contribution is -2.31. The standard InChI is InChI=1S/C26H51NO14/c1-2-31-5-6-33-9-10-35-13-14-37-17-18-39-21-22-40-20-19-38-16-15-36-12-11-34-8-7-32-4-3-27-25(28)23-41-24-26(29)30/h2-24H2,1H3,(H,27,28)(H,29,30). The monoisotopic (exact) mass is 601 g/mol. The van der Waals surface area contributed by atoms with E-state index in [-0.39, 0.29) is 6.61 Å². The van der Waals surface area contributed by atoms with E-state index in [0.717, 1.165) is 0 Å². The number of carbonyl (C=O) groups is 2. The summed E-state index contributed by atoms with van der Waals surface area (Å²) < 4.78 is 58.4. The molecule has 0 bridgehead atoms. The van der Waals surface area contributed by atoms with Crippen molar-refractivity contribution in [2.24, 2.45) is 0 Å². The van der Waals surface area contributed by atoms with Gasteiger partial charge >= 0.3 is 5.97 Å². The van der Waals surface area contributed by atoms with Crippen molar-refractivity contribution in [1.82, 2.24) is 5.32 Å². The molecule has 0 saturated carbocycles. The largest absolute Gasteiger partial charge is 0.480 e. The van der Waals surface area contributed by atoms with Gasteiger partial charge in [0.1, 0.15) is 13.2 Å². The first-order chi connectivity index (χ1) is 20.2. The van der Waals surface area contributed by atoms with Crippen molar-refractivity contribution in [3.63, 3.8) is 0 Å². The molecule has 0 heterocycles. The fourth-order valence-electron chi connectivity index (χ4n) is 2.67. The van der Waals surface area contributed by atoms with Crippen LogP contribution in [0.1, 0.15) is 6.92 Å². The predicted molar refractivity (Wildman–Crippen MR) is 145 cm³/mol. The molecule has 0 unspecified atom stereocenters. The lowest BCUT2D eigenvalue weighted by Gasteiger charge is -2.09. The predicted octanol–water partition coefficient (Wildman–Crippen LogP) is -0.610. The Morgan fingerprint density at radius 1 is 0.439 bits per heavy atom. The first-order valence-electron chi connectivity index (χ1n) is 14.0. The average molecular weight is 602 g/mol. The van der Waals surface area contributed by atoms with E-state index in [0.29, 0.717) is 139 Å². The molecule has 0 aromatic carbocycles. The molecule has 0 aromatic heterocycles. The molecule has 0 aliphatic rings. The topological polar surface area (TPSA) is 168 Å². The van der Waals surface area contributed by atoms with Crippen molar-refractivity contribution in [2.75, 3.05) is 152 Å². The summed E-state index contributed by atoms with van der Waals surface area (Å²) in [5, 5.41) is 11.0. The zero-order chi connectivity index (χ0) is 29.9. The van der Waals surface area contributed by atoms with Crippen LogP contribution in [-0.2, 0) is 61.7 Å². The maximum atomic E-state index is 11.3. The minimum atomic E-state index is -1.12. The highest BCUT2D eigenvalue weighted by molar-refractivity contribution is 5.77. The smallest absolute Gasteiger partial charge is 0.329 e. The van der Waals surface area contributed by atoms with Gasteiger partial charge in [0.2, 0.25) is 5.91 Å². The average Bonchev–Trinajstić information content (AvgIpc) is 2.95. The Morgan fingerprint density at radius 3 is 1.02 bits per heavy atom. The molecule has 0 aliphatic carbocycles. The van der Waals surface area contributed by atoms with Crippen LogP contribution in [0.5, 0.6) is 0 Å². The highest BCUT2D eigenvalue weighted by Gasteiger charge is 2.03. The van der Waals surface area contributed by atoms with Gasteiger partial charge in [-0.1, -0.05) is 0 Å². The van der Waals surface area contributed by atoms with Crippen molar-refractivity contribution in [3.05, 3.63) is 0 Å². The van der Waals surface area contributed by atoms with Crippen molar-refractivity contribution >= 4 is 11.9 Å². The molecule has 0 aromatic rings. The number of carbonyl (C=O) groups excluding carboxylic acids is 1.